The summed E-state index contributed by atoms with van der Waals surface area (Å²) in [5.41, 5.74) is 0.325. The number of rotatable bonds is 5. The number of hydrogen-bond donors (Lipinski definition) is 3. The van der Waals surface area contributed by atoms with Gasteiger partial charge in [-0.25, -0.2) is 13.6 Å². The maximum absolute atomic E-state index is 12.4. The smallest absolute Gasteiger partial charge is 0.280 e. The van der Waals surface area contributed by atoms with Crippen molar-refractivity contribution < 1.29 is 16.8 Å². The molecule has 2 aromatic rings. The van der Waals surface area contributed by atoms with Crippen molar-refractivity contribution >= 4 is 63.5 Å². The van der Waals surface area contributed by atoms with Crippen molar-refractivity contribution in [2.45, 2.75) is 4.90 Å². The molecule has 0 saturated carbocycles. The molecule has 124 valence electrons. The fourth-order valence-corrected chi connectivity index (χ4v) is 4.71. The van der Waals surface area contributed by atoms with Gasteiger partial charge in [0.25, 0.3) is 20.2 Å². The fourth-order valence-electron chi connectivity index (χ4n) is 1.70. The lowest BCUT2D eigenvalue weighted by molar-refractivity contribution is 0.600. The van der Waals surface area contributed by atoms with Gasteiger partial charge in [-0.3, -0.25) is 9.44 Å². The largest absolute Gasteiger partial charge is 0.296 e. The number of sulfonamides is 1. The van der Waals surface area contributed by atoms with Crippen LogP contribution in [0.3, 0.4) is 0 Å². The molecule has 0 aliphatic rings. The van der Waals surface area contributed by atoms with Crippen molar-refractivity contribution in [2.24, 2.45) is 5.14 Å². The van der Waals surface area contributed by atoms with Crippen LogP contribution in [0.1, 0.15) is 0 Å². The summed E-state index contributed by atoms with van der Waals surface area (Å²) in [5, 5.41) is 4.88. The average molecular weight is 485 g/mol. The Morgan fingerprint density at radius 2 is 1.48 bits per heavy atom. The molecule has 23 heavy (non-hydrogen) atoms. The van der Waals surface area contributed by atoms with Gasteiger partial charge in [-0.15, -0.1) is 0 Å². The van der Waals surface area contributed by atoms with E-state index in [1.54, 1.807) is 12.1 Å². The zero-order chi connectivity index (χ0) is 17.3. The molecule has 0 aliphatic heterocycles. The van der Waals surface area contributed by atoms with E-state index in [-0.39, 0.29) is 16.3 Å². The molecule has 0 amide bonds. The maximum Gasteiger partial charge on any atom is 0.296 e. The lowest BCUT2D eigenvalue weighted by Gasteiger charge is -2.11. The van der Waals surface area contributed by atoms with E-state index < -0.39 is 20.2 Å². The van der Waals surface area contributed by atoms with Crippen molar-refractivity contribution in [1.82, 2.24) is 0 Å². The van der Waals surface area contributed by atoms with Gasteiger partial charge >= 0.3 is 0 Å². The Labute approximate surface area is 150 Å². The second-order valence-corrected chi connectivity index (χ2v) is 9.12. The van der Waals surface area contributed by atoms with Gasteiger partial charge in [-0.1, -0.05) is 22.0 Å². The fraction of sp³-hybridized carbons (Fsp3) is 0. The van der Waals surface area contributed by atoms with Gasteiger partial charge in [-0.2, -0.15) is 8.42 Å². The summed E-state index contributed by atoms with van der Waals surface area (Å²) in [6, 6.07) is 10.5. The Kier molecular flexibility index (Phi) is 5.36. The van der Waals surface area contributed by atoms with Gasteiger partial charge in [-0.05, 0) is 52.3 Å². The third kappa shape index (κ3) is 5.18. The van der Waals surface area contributed by atoms with E-state index in [0.717, 1.165) is 0 Å². The van der Waals surface area contributed by atoms with Crippen molar-refractivity contribution in [3.63, 3.8) is 0 Å². The van der Waals surface area contributed by atoms with Crippen LogP contribution in [-0.2, 0) is 20.2 Å². The minimum atomic E-state index is -3.94. The molecule has 0 bridgehead atoms. The number of anilines is 2. The van der Waals surface area contributed by atoms with Gasteiger partial charge in [0.05, 0.1) is 11.4 Å². The van der Waals surface area contributed by atoms with Crippen LogP contribution in [0, 0.1) is 0 Å². The zero-order valence-electron chi connectivity index (χ0n) is 11.3. The van der Waals surface area contributed by atoms with E-state index in [1.807, 2.05) is 0 Å². The topological polar surface area (TPSA) is 118 Å². The third-order valence-corrected chi connectivity index (χ3v) is 5.95. The molecule has 2 aromatic carbocycles. The van der Waals surface area contributed by atoms with Crippen LogP contribution in [-0.4, -0.2) is 16.8 Å². The highest BCUT2D eigenvalue weighted by Gasteiger charge is 2.18. The van der Waals surface area contributed by atoms with Gasteiger partial charge < -0.3 is 0 Å². The number of benzene rings is 2. The van der Waals surface area contributed by atoms with Crippen LogP contribution in [0.2, 0.25) is 0 Å². The molecular weight excluding hydrogens is 474 g/mol. The molecule has 0 saturated heterocycles. The molecule has 0 atom stereocenters. The Balaban J connectivity index is 2.34. The Bertz CT molecular complexity index is 947. The second-order valence-electron chi connectivity index (χ2n) is 4.41. The highest BCUT2D eigenvalue weighted by atomic mass is 79.9. The molecule has 0 radical (unpaired) electrons. The van der Waals surface area contributed by atoms with Crippen LogP contribution < -0.4 is 14.6 Å². The summed E-state index contributed by atoms with van der Waals surface area (Å²) >= 11 is 6.40. The quantitative estimate of drug-likeness (QED) is 0.604. The summed E-state index contributed by atoms with van der Waals surface area (Å²) in [5.74, 6) is 0. The van der Waals surface area contributed by atoms with E-state index in [4.69, 9.17) is 5.14 Å². The standard InChI is InChI=1S/C12H11Br2N3O4S2/c13-8-4-5-11(14)12(6-8)22(18,19)16-9-2-1-3-10(7-9)17-23(15,20)21/h1-7,16-17H,(H2,15,20,21). The summed E-state index contributed by atoms with van der Waals surface area (Å²) in [4.78, 5) is 0.0386. The number of nitrogens with two attached hydrogens (primary N) is 1. The first-order chi connectivity index (χ1) is 10.6. The highest BCUT2D eigenvalue weighted by molar-refractivity contribution is 9.11. The SMILES string of the molecule is NS(=O)(=O)Nc1cccc(NS(=O)(=O)c2cc(Br)ccc2Br)c1. The molecule has 2 rings (SSSR count). The molecule has 0 heterocycles. The molecule has 0 aliphatic carbocycles. The third-order valence-electron chi connectivity index (χ3n) is 2.56. The van der Waals surface area contributed by atoms with Gasteiger partial charge in [0.15, 0.2) is 0 Å². The molecule has 11 heteroatoms. The predicted molar refractivity (Wildman–Crippen MR) is 95.8 cm³/mol. The molecule has 4 N–H and O–H groups in total. The minimum absolute atomic E-state index is 0.0386. The van der Waals surface area contributed by atoms with Crippen LogP contribution >= 0.6 is 31.9 Å². The number of hydrogen-bond acceptors (Lipinski definition) is 4. The van der Waals surface area contributed by atoms with Crippen molar-refractivity contribution in [3.8, 4) is 0 Å². The molecule has 0 spiro atoms. The van der Waals surface area contributed by atoms with Crippen LogP contribution in [0.15, 0.2) is 56.3 Å². The first-order valence-electron chi connectivity index (χ1n) is 5.95. The van der Waals surface area contributed by atoms with E-state index in [1.165, 1.54) is 30.3 Å². The second kappa shape index (κ2) is 6.77. The minimum Gasteiger partial charge on any atom is -0.280 e. The first-order valence-corrected chi connectivity index (χ1v) is 10.6. The first kappa shape index (κ1) is 18.2. The van der Waals surface area contributed by atoms with E-state index in [2.05, 4.69) is 41.3 Å². The molecule has 7 nitrogen and oxygen atoms in total. The number of halogens is 2. The predicted octanol–water partition coefficient (Wildman–Crippen LogP) is 2.63. The Morgan fingerprint density at radius 1 is 0.870 bits per heavy atom. The lowest BCUT2D eigenvalue weighted by atomic mass is 10.3. The highest BCUT2D eigenvalue weighted by Crippen LogP contribution is 2.28. The summed E-state index contributed by atoms with van der Waals surface area (Å²) in [6.07, 6.45) is 0. The van der Waals surface area contributed by atoms with Crippen LogP contribution in [0.4, 0.5) is 11.4 Å². The van der Waals surface area contributed by atoms with Crippen molar-refractivity contribution in [2.75, 3.05) is 9.44 Å². The van der Waals surface area contributed by atoms with Gasteiger partial charge in [0.2, 0.25) is 0 Å². The summed E-state index contributed by atoms with van der Waals surface area (Å²) in [6.45, 7) is 0. The van der Waals surface area contributed by atoms with Crippen LogP contribution in [0.25, 0.3) is 0 Å². The molecule has 0 unspecified atom stereocenters. The number of nitrogens with one attached hydrogen (secondary N) is 2. The normalized spacial score (nSPS) is 12.0. The Morgan fingerprint density at radius 3 is 2.09 bits per heavy atom. The summed E-state index contributed by atoms with van der Waals surface area (Å²) in [7, 11) is -7.81. The van der Waals surface area contributed by atoms with Crippen molar-refractivity contribution in [3.05, 3.63) is 51.4 Å². The van der Waals surface area contributed by atoms with E-state index in [0.29, 0.717) is 8.95 Å². The molecule has 0 aromatic heterocycles. The molecule has 0 fully saturated rings. The van der Waals surface area contributed by atoms with Crippen LogP contribution in [0.5, 0.6) is 0 Å². The van der Waals surface area contributed by atoms with Gasteiger partial charge in [0, 0.05) is 8.95 Å². The van der Waals surface area contributed by atoms with E-state index in [9.17, 15) is 16.8 Å². The molecular formula is C12H11Br2N3O4S2. The monoisotopic (exact) mass is 483 g/mol. The van der Waals surface area contributed by atoms with Crippen molar-refractivity contribution in [1.29, 1.82) is 0 Å². The summed E-state index contributed by atoms with van der Waals surface area (Å²) < 4.78 is 52.4. The maximum atomic E-state index is 12.4. The zero-order valence-corrected chi connectivity index (χ0v) is 16.1. The van der Waals surface area contributed by atoms with E-state index >= 15 is 0 Å². The Hall–Kier alpha value is -1.14. The van der Waals surface area contributed by atoms with Gasteiger partial charge in [0.1, 0.15) is 4.90 Å². The average Bonchev–Trinajstić information content (AvgIpc) is 2.39. The lowest BCUT2D eigenvalue weighted by Crippen LogP contribution is -2.21.